The number of alkyl halides is 1. The number of nitrogens with zero attached hydrogens (tertiary/aromatic N) is 2. The highest BCUT2D eigenvalue weighted by atomic mass is 79.9. The first kappa shape index (κ1) is 10.1. The Balaban J connectivity index is 2.73. The number of halogens is 2. The number of hydrogen-bond acceptors (Lipinski definition) is 1. The molecule has 1 aromatic rings. The van der Waals surface area contributed by atoms with E-state index in [1.807, 2.05) is 11.7 Å². The first-order valence-corrected chi connectivity index (χ1v) is 5.37. The van der Waals surface area contributed by atoms with Crippen LogP contribution in [0.1, 0.15) is 12.6 Å². The van der Waals surface area contributed by atoms with Gasteiger partial charge in [-0.3, -0.25) is 4.68 Å². The van der Waals surface area contributed by atoms with Crippen molar-refractivity contribution < 1.29 is 0 Å². The van der Waals surface area contributed by atoms with Gasteiger partial charge in [0.15, 0.2) is 0 Å². The summed E-state index contributed by atoms with van der Waals surface area (Å²) in [6.07, 6.45) is 2.67. The van der Waals surface area contributed by atoms with E-state index in [-0.39, 0.29) is 0 Å². The van der Waals surface area contributed by atoms with Crippen LogP contribution in [0.5, 0.6) is 0 Å². The average Bonchev–Trinajstić information content (AvgIpc) is 2.35. The van der Waals surface area contributed by atoms with Gasteiger partial charge in [0.25, 0.3) is 0 Å². The van der Waals surface area contributed by atoms with Gasteiger partial charge in [0.1, 0.15) is 0 Å². The monoisotopic (exact) mass is 250 g/mol. The van der Waals surface area contributed by atoms with Crippen LogP contribution >= 0.6 is 27.5 Å². The molecule has 4 heteroatoms. The number of rotatable bonds is 3. The molecule has 12 heavy (non-hydrogen) atoms. The lowest BCUT2D eigenvalue weighted by Gasteiger charge is -2.07. The van der Waals surface area contributed by atoms with E-state index >= 15 is 0 Å². The number of aryl methyl sites for hydroxylation is 1. The summed E-state index contributed by atoms with van der Waals surface area (Å²) in [5, 5.41) is 5.84. The molecule has 0 aromatic carbocycles. The molecular weight excluding hydrogens is 239 g/mol. The van der Waals surface area contributed by atoms with Crippen LogP contribution in [0.15, 0.2) is 6.20 Å². The molecule has 0 N–H and O–H groups in total. The lowest BCUT2D eigenvalue weighted by Crippen LogP contribution is -2.06. The van der Waals surface area contributed by atoms with Crippen LogP contribution in [0.25, 0.3) is 0 Å². The molecule has 0 bridgehead atoms. The molecule has 0 spiro atoms. The smallest absolute Gasteiger partial charge is 0.0817 e. The van der Waals surface area contributed by atoms with Gasteiger partial charge in [-0.05, 0) is 12.3 Å². The zero-order chi connectivity index (χ0) is 9.14. The fourth-order valence-electron chi connectivity index (χ4n) is 1.05. The zero-order valence-electron chi connectivity index (χ0n) is 7.22. The Labute approximate surface area is 86.0 Å². The summed E-state index contributed by atoms with van der Waals surface area (Å²) < 4.78 is 1.83. The lowest BCUT2D eigenvalue weighted by molar-refractivity contribution is 0.606. The van der Waals surface area contributed by atoms with Crippen molar-refractivity contribution in [1.82, 2.24) is 9.78 Å². The van der Waals surface area contributed by atoms with Crippen LogP contribution in [-0.4, -0.2) is 15.1 Å². The molecular formula is C8H12BrClN2. The molecule has 1 heterocycles. The molecule has 0 saturated heterocycles. The van der Waals surface area contributed by atoms with Gasteiger partial charge in [-0.25, -0.2) is 0 Å². The molecule has 0 saturated carbocycles. The second kappa shape index (κ2) is 4.28. The van der Waals surface area contributed by atoms with Crippen LogP contribution in [0, 0.1) is 5.92 Å². The second-order valence-electron chi connectivity index (χ2n) is 3.03. The van der Waals surface area contributed by atoms with Crippen molar-refractivity contribution in [3.63, 3.8) is 0 Å². The van der Waals surface area contributed by atoms with Crippen molar-refractivity contribution in [2.75, 3.05) is 5.33 Å². The Hall–Kier alpha value is -0.0200. The summed E-state index contributed by atoms with van der Waals surface area (Å²) >= 11 is 9.38. The molecule has 0 amide bonds. The summed E-state index contributed by atoms with van der Waals surface area (Å²) in [6.45, 7) is 2.18. The second-order valence-corrected chi connectivity index (χ2v) is 4.08. The van der Waals surface area contributed by atoms with Gasteiger partial charge < -0.3 is 0 Å². The summed E-state index contributed by atoms with van der Waals surface area (Å²) in [5.41, 5.74) is 1.11. The summed E-state index contributed by atoms with van der Waals surface area (Å²) in [7, 11) is 1.92. The molecule has 0 radical (unpaired) electrons. The first-order valence-electron chi connectivity index (χ1n) is 3.87. The normalized spacial score (nSPS) is 13.3. The molecule has 1 aromatic heterocycles. The van der Waals surface area contributed by atoms with Gasteiger partial charge in [0.2, 0.25) is 0 Å². The Morgan fingerprint density at radius 3 is 2.83 bits per heavy atom. The van der Waals surface area contributed by atoms with Gasteiger partial charge in [0.05, 0.1) is 16.9 Å². The first-order chi connectivity index (χ1) is 5.65. The third-order valence-corrected chi connectivity index (χ3v) is 3.24. The lowest BCUT2D eigenvalue weighted by atomic mass is 10.1. The van der Waals surface area contributed by atoms with Gasteiger partial charge in [-0.1, -0.05) is 34.5 Å². The van der Waals surface area contributed by atoms with Gasteiger partial charge >= 0.3 is 0 Å². The van der Waals surface area contributed by atoms with Crippen LogP contribution in [-0.2, 0) is 13.5 Å². The molecule has 1 atom stereocenters. The Morgan fingerprint density at radius 2 is 2.42 bits per heavy atom. The third-order valence-electron chi connectivity index (χ3n) is 1.82. The number of aromatic nitrogens is 2. The van der Waals surface area contributed by atoms with E-state index in [1.165, 1.54) is 0 Å². The van der Waals surface area contributed by atoms with E-state index in [2.05, 4.69) is 28.0 Å². The van der Waals surface area contributed by atoms with Crippen molar-refractivity contribution in [2.24, 2.45) is 13.0 Å². The maximum absolute atomic E-state index is 5.95. The SMILES string of the molecule is CC(CBr)Cc1c(Cl)cnn1C. The molecule has 2 nitrogen and oxygen atoms in total. The highest BCUT2D eigenvalue weighted by molar-refractivity contribution is 9.09. The van der Waals surface area contributed by atoms with Crippen molar-refractivity contribution in [1.29, 1.82) is 0 Å². The zero-order valence-corrected chi connectivity index (χ0v) is 9.56. The van der Waals surface area contributed by atoms with E-state index in [9.17, 15) is 0 Å². The maximum atomic E-state index is 5.95. The summed E-state index contributed by atoms with van der Waals surface area (Å²) in [5.74, 6) is 0.595. The van der Waals surface area contributed by atoms with E-state index in [1.54, 1.807) is 6.20 Å². The Kier molecular flexibility index (Phi) is 3.59. The van der Waals surface area contributed by atoms with E-state index in [4.69, 9.17) is 11.6 Å². The molecule has 1 unspecified atom stereocenters. The van der Waals surface area contributed by atoms with Gasteiger partial charge in [-0.2, -0.15) is 5.10 Å². The van der Waals surface area contributed by atoms with E-state index in [0.29, 0.717) is 5.92 Å². The largest absolute Gasteiger partial charge is 0.271 e. The highest BCUT2D eigenvalue weighted by Crippen LogP contribution is 2.18. The van der Waals surface area contributed by atoms with E-state index < -0.39 is 0 Å². The van der Waals surface area contributed by atoms with Crippen molar-refractivity contribution in [3.8, 4) is 0 Å². The minimum absolute atomic E-state index is 0.595. The fraction of sp³-hybridized carbons (Fsp3) is 0.625. The third kappa shape index (κ3) is 2.23. The van der Waals surface area contributed by atoms with Crippen LogP contribution in [0.3, 0.4) is 0 Å². The van der Waals surface area contributed by atoms with Crippen LogP contribution in [0.4, 0.5) is 0 Å². The predicted molar refractivity (Wildman–Crippen MR) is 54.9 cm³/mol. The van der Waals surface area contributed by atoms with Crippen molar-refractivity contribution >= 4 is 27.5 Å². The molecule has 68 valence electrons. The molecule has 0 aliphatic rings. The summed E-state index contributed by atoms with van der Waals surface area (Å²) in [6, 6.07) is 0. The van der Waals surface area contributed by atoms with Crippen LogP contribution in [0.2, 0.25) is 5.02 Å². The molecule has 0 aliphatic carbocycles. The average molecular weight is 252 g/mol. The van der Waals surface area contributed by atoms with Crippen molar-refractivity contribution in [2.45, 2.75) is 13.3 Å². The standard InChI is InChI=1S/C8H12BrClN2/c1-6(4-9)3-8-7(10)5-11-12(8)2/h5-6H,3-4H2,1-2H3. The summed E-state index contributed by atoms with van der Waals surface area (Å²) in [4.78, 5) is 0. The topological polar surface area (TPSA) is 17.8 Å². The van der Waals surface area contributed by atoms with Gasteiger partial charge in [0, 0.05) is 12.4 Å². The minimum atomic E-state index is 0.595. The fourth-order valence-corrected chi connectivity index (χ4v) is 1.52. The maximum Gasteiger partial charge on any atom is 0.0817 e. The molecule has 0 fully saturated rings. The van der Waals surface area contributed by atoms with E-state index in [0.717, 1.165) is 22.5 Å². The Morgan fingerprint density at radius 1 is 1.75 bits per heavy atom. The highest BCUT2D eigenvalue weighted by Gasteiger charge is 2.09. The van der Waals surface area contributed by atoms with Crippen LogP contribution < -0.4 is 0 Å². The van der Waals surface area contributed by atoms with Gasteiger partial charge in [-0.15, -0.1) is 0 Å². The quantitative estimate of drug-likeness (QED) is 0.755. The Bertz CT molecular complexity index is 240. The number of hydrogen-bond donors (Lipinski definition) is 0. The molecule has 1 rings (SSSR count). The minimum Gasteiger partial charge on any atom is -0.271 e. The molecule has 0 aliphatic heterocycles. The van der Waals surface area contributed by atoms with Crippen molar-refractivity contribution in [3.05, 3.63) is 16.9 Å². The predicted octanol–water partition coefficient (Wildman–Crippen LogP) is 2.65.